The lowest BCUT2D eigenvalue weighted by molar-refractivity contribution is 0.528. The fraction of sp³-hybridized carbons (Fsp3) is 0.389. The van der Waals surface area contributed by atoms with Gasteiger partial charge in [-0.15, -0.1) is 0 Å². The SMILES string of the molecule is CC(C)(C)c1ccc(C2CCn3c(ncc(C#N)c3=O)S2)cc1. The number of aromatic nitrogens is 2. The van der Waals surface area contributed by atoms with Crippen LogP contribution >= 0.6 is 11.8 Å². The maximum atomic E-state index is 12.1. The van der Waals surface area contributed by atoms with E-state index >= 15 is 0 Å². The molecular weight excluding hydrogens is 306 g/mol. The average molecular weight is 325 g/mol. The van der Waals surface area contributed by atoms with E-state index in [4.69, 9.17) is 5.26 Å². The lowest BCUT2D eigenvalue weighted by Crippen LogP contribution is -2.28. The molecule has 0 radical (unpaired) electrons. The van der Waals surface area contributed by atoms with Crippen LogP contribution < -0.4 is 5.56 Å². The Morgan fingerprint density at radius 2 is 2.00 bits per heavy atom. The Balaban J connectivity index is 1.87. The normalized spacial score (nSPS) is 17.4. The van der Waals surface area contributed by atoms with Crippen molar-refractivity contribution >= 4 is 11.8 Å². The lowest BCUT2D eigenvalue weighted by atomic mass is 9.86. The highest BCUT2D eigenvalue weighted by Gasteiger charge is 2.24. The van der Waals surface area contributed by atoms with Crippen LogP contribution in [0.25, 0.3) is 0 Å². The van der Waals surface area contributed by atoms with Crippen molar-refractivity contribution in [2.75, 3.05) is 0 Å². The maximum Gasteiger partial charge on any atom is 0.272 e. The highest BCUT2D eigenvalue weighted by atomic mass is 32.2. The first-order chi connectivity index (χ1) is 10.9. The molecule has 3 rings (SSSR count). The predicted octanol–water partition coefficient (Wildman–Crippen LogP) is 3.65. The number of nitrogens with zero attached hydrogens (tertiary/aromatic N) is 3. The molecule has 0 amide bonds. The zero-order valence-corrected chi connectivity index (χ0v) is 14.4. The van der Waals surface area contributed by atoms with Gasteiger partial charge in [0.15, 0.2) is 5.16 Å². The van der Waals surface area contributed by atoms with Crippen molar-refractivity contribution in [1.29, 1.82) is 5.26 Å². The molecule has 1 atom stereocenters. The molecule has 0 N–H and O–H groups in total. The van der Waals surface area contributed by atoms with Crippen LogP contribution in [0.4, 0.5) is 0 Å². The third-order valence-electron chi connectivity index (χ3n) is 4.14. The number of fused-ring (bicyclic) bond motifs is 1. The van der Waals surface area contributed by atoms with E-state index in [2.05, 4.69) is 50.0 Å². The van der Waals surface area contributed by atoms with Gasteiger partial charge in [-0.2, -0.15) is 5.26 Å². The van der Waals surface area contributed by atoms with Crippen LogP contribution in [-0.2, 0) is 12.0 Å². The molecule has 0 fully saturated rings. The number of benzene rings is 1. The summed E-state index contributed by atoms with van der Waals surface area (Å²) in [5.41, 5.74) is 2.60. The van der Waals surface area contributed by atoms with E-state index in [-0.39, 0.29) is 16.5 Å². The van der Waals surface area contributed by atoms with Crippen LogP contribution in [0.15, 0.2) is 40.4 Å². The molecule has 0 saturated carbocycles. The van der Waals surface area contributed by atoms with Gasteiger partial charge < -0.3 is 0 Å². The Bertz CT molecular complexity index is 825. The molecular formula is C18H19N3OS. The Morgan fingerprint density at radius 3 is 2.61 bits per heavy atom. The second-order valence-corrected chi connectivity index (χ2v) is 7.96. The monoisotopic (exact) mass is 325 g/mol. The second-order valence-electron chi connectivity index (χ2n) is 6.79. The lowest BCUT2D eigenvalue weighted by Gasteiger charge is -2.25. The summed E-state index contributed by atoms with van der Waals surface area (Å²) in [7, 11) is 0. The number of hydrogen-bond acceptors (Lipinski definition) is 4. The average Bonchev–Trinajstić information content (AvgIpc) is 2.54. The Kier molecular flexibility index (Phi) is 4.03. The van der Waals surface area contributed by atoms with Crippen molar-refractivity contribution in [2.45, 2.75) is 49.6 Å². The highest BCUT2D eigenvalue weighted by Crippen LogP contribution is 2.40. The van der Waals surface area contributed by atoms with Crippen molar-refractivity contribution in [2.24, 2.45) is 0 Å². The van der Waals surface area contributed by atoms with Crippen LogP contribution in [0.1, 0.15) is 49.1 Å². The number of rotatable bonds is 1. The third kappa shape index (κ3) is 3.04. The fourth-order valence-electron chi connectivity index (χ4n) is 2.71. The molecule has 1 aromatic heterocycles. The van der Waals surface area contributed by atoms with Crippen molar-refractivity contribution in [3.8, 4) is 6.07 Å². The van der Waals surface area contributed by atoms with Crippen molar-refractivity contribution in [1.82, 2.24) is 9.55 Å². The van der Waals surface area contributed by atoms with E-state index in [0.29, 0.717) is 17.0 Å². The zero-order chi connectivity index (χ0) is 16.6. The quantitative estimate of drug-likeness (QED) is 0.751. The van der Waals surface area contributed by atoms with Crippen LogP contribution in [0.3, 0.4) is 0 Å². The second kappa shape index (κ2) is 5.86. The summed E-state index contributed by atoms with van der Waals surface area (Å²) < 4.78 is 1.61. The molecule has 1 aliphatic rings. The topological polar surface area (TPSA) is 58.7 Å². The van der Waals surface area contributed by atoms with E-state index in [1.165, 1.54) is 17.3 Å². The molecule has 0 bridgehead atoms. The molecule has 4 nitrogen and oxygen atoms in total. The van der Waals surface area contributed by atoms with Gasteiger partial charge in [-0.3, -0.25) is 9.36 Å². The van der Waals surface area contributed by atoms with E-state index in [1.807, 2.05) is 6.07 Å². The molecule has 0 aliphatic carbocycles. The maximum absolute atomic E-state index is 12.1. The molecule has 118 valence electrons. The van der Waals surface area contributed by atoms with E-state index < -0.39 is 0 Å². The van der Waals surface area contributed by atoms with Gasteiger partial charge in [-0.05, 0) is 23.0 Å². The van der Waals surface area contributed by atoms with E-state index in [0.717, 1.165) is 6.42 Å². The summed E-state index contributed by atoms with van der Waals surface area (Å²) >= 11 is 1.60. The van der Waals surface area contributed by atoms with E-state index in [9.17, 15) is 4.79 Å². The smallest absolute Gasteiger partial charge is 0.272 e. The summed E-state index contributed by atoms with van der Waals surface area (Å²) in [6.07, 6.45) is 2.25. The number of nitriles is 1. The van der Waals surface area contributed by atoms with Crippen LogP contribution in [0, 0.1) is 11.3 Å². The van der Waals surface area contributed by atoms with Crippen molar-refractivity contribution in [3.05, 3.63) is 57.5 Å². The molecule has 5 heteroatoms. The van der Waals surface area contributed by atoms with Crippen molar-refractivity contribution < 1.29 is 0 Å². The summed E-state index contributed by atoms with van der Waals surface area (Å²) in [6.45, 7) is 7.22. The largest absolute Gasteiger partial charge is 0.286 e. The van der Waals surface area contributed by atoms with Gasteiger partial charge in [0, 0.05) is 11.8 Å². The summed E-state index contributed by atoms with van der Waals surface area (Å²) in [5, 5.41) is 9.93. The summed E-state index contributed by atoms with van der Waals surface area (Å²) in [6, 6.07) is 10.6. The first-order valence-corrected chi connectivity index (χ1v) is 8.55. The molecule has 1 unspecified atom stereocenters. The Morgan fingerprint density at radius 1 is 1.30 bits per heavy atom. The standard InChI is InChI=1S/C18H19N3OS/c1-18(2,3)14-6-4-12(5-7-14)15-8-9-21-16(22)13(10-19)11-20-17(21)23-15/h4-7,11,15H,8-9H2,1-3H3. The van der Waals surface area contributed by atoms with Gasteiger partial charge in [0.05, 0.1) is 6.20 Å². The van der Waals surface area contributed by atoms with E-state index in [1.54, 1.807) is 16.3 Å². The minimum Gasteiger partial charge on any atom is -0.286 e. The van der Waals surface area contributed by atoms with Gasteiger partial charge in [-0.1, -0.05) is 56.8 Å². The van der Waals surface area contributed by atoms with Gasteiger partial charge >= 0.3 is 0 Å². The first-order valence-electron chi connectivity index (χ1n) is 7.67. The minimum atomic E-state index is -0.230. The van der Waals surface area contributed by atoms with Crippen LogP contribution in [0.2, 0.25) is 0 Å². The third-order valence-corrected chi connectivity index (χ3v) is 5.47. The molecule has 1 aliphatic heterocycles. The fourth-order valence-corrected chi connectivity index (χ4v) is 3.90. The summed E-state index contributed by atoms with van der Waals surface area (Å²) in [4.78, 5) is 16.4. The summed E-state index contributed by atoms with van der Waals surface area (Å²) in [5.74, 6) is 0. The predicted molar refractivity (Wildman–Crippen MR) is 91.6 cm³/mol. The molecule has 2 heterocycles. The van der Waals surface area contributed by atoms with Gasteiger partial charge in [0.1, 0.15) is 11.6 Å². The van der Waals surface area contributed by atoms with Gasteiger partial charge in [-0.25, -0.2) is 4.98 Å². The molecule has 1 aromatic carbocycles. The Labute approximate surface area is 140 Å². The molecule has 23 heavy (non-hydrogen) atoms. The molecule has 2 aromatic rings. The minimum absolute atomic E-state index is 0.113. The van der Waals surface area contributed by atoms with Crippen LogP contribution in [0.5, 0.6) is 0 Å². The highest BCUT2D eigenvalue weighted by molar-refractivity contribution is 7.99. The van der Waals surface area contributed by atoms with Gasteiger partial charge in [0.2, 0.25) is 0 Å². The number of hydrogen-bond donors (Lipinski definition) is 0. The number of thioether (sulfide) groups is 1. The Hall–Kier alpha value is -2.06. The molecule has 0 saturated heterocycles. The van der Waals surface area contributed by atoms with Crippen molar-refractivity contribution in [3.63, 3.8) is 0 Å². The molecule has 0 spiro atoms. The zero-order valence-electron chi connectivity index (χ0n) is 13.5. The van der Waals surface area contributed by atoms with Crippen LogP contribution in [-0.4, -0.2) is 9.55 Å². The van der Waals surface area contributed by atoms with Gasteiger partial charge in [0.25, 0.3) is 5.56 Å². The first kappa shape index (κ1) is 15.8.